The number of nitrogens with two attached hydrogens (primary N) is 1. The van der Waals surface area contributed by atoms with Gasteiger partial charge in [-0.05, 0) is 31.8 Å². The van der Waals surface area contributed by atoms with Gasteiger partial charge in [-0.2, -0.15) is 0 Å². The number of ether oxygens (including phenoxy) is 2. The van der Waals surface area contributed by atoms with Crippen LogP contribution in [0.5, 0.6) is 11.5 Å². The topological polar surface area (TPSA) is 76.8 Å². The fourth-order valence-electron chi connectivity index (χ4n) is 1.81. The Labute approximate surface area is 119 Å². The minimum atomic E-state index is -0.570. The van der Waals surface area contributed by atoms with Crippen LogP contribution in [0.3, 0.4) is 0 Å². The Kier molecular flexibility index (Phi) is 6.27. The Balaban J connectivity index is 2.93. The first kappa shape index (κ1) is 16.3. The number of primary amides is 1. The molecule has 0 aromatic heterocycles. The fourth-order valence-corrected chi connectivity index (χ4v) is 1.81. The van der Waals surface area contributed by atoms with E-state index in [1.165, 1.54) is 0 Å². The molecule has 112 valence electrons. The third-order valence-electron chi connectivity index (χ3n) is 2.90. The number of likely N-dealkylation sites (N-methyl/N-ethyl adjacent to an activating group) is 1. The zero-order valence-corrected chi connectivity index (χ0v) is 12.5. The van der Waals surface area contributed by atoms with Crippen molar-refractivity contribution >= 4 is 5.91 Å². The van der Waals surface area contributed by atoms with Crippen LogP contribution in [0.2, 0.25) is 0 Å². The van der Waals surface area contributed by atoms with Crippen molar-refractivity contribution in [3.63, 3.8) is 0 Å². The SMILES string of the molecule is COc1cc(OC)cc(C(NCCN(C)C)C(N)=O)c1. The highest BCUT2D eigenvalue weighted by atomic mass is 16.5. The number of benzene rings is 1. The van der Waals surface area contributed by atoms with Crippen molar-refractivity contribution < 1.29 is 14.3 Å². The molecule has 0 saturated heterocycles. The molecule has 1 rings (SSSR count). The number of carbonyl (C=O) groups excluding carboxylic acids is 1. The van der Waals surface area contributed by atoms with E-state index in [2.05, 4.69) is 5.32 Å². The first-order valence-corrected chi connectivity index (χ1v) is 6.38. The largest absolute Gasteiger partial charge is 0.497 e. The van der Waals surface area contributed by atoms with Gasteiger partial charge in [0.15, 0.2) is 0 Å². The van der Waals surface area contributed by atoms with E-state index < -0.39 is 11.9 Å². The lowest BCUT2D eigenvalue weighted by Crippen LogP contribution is -2.37. The summed E-state index contributed by atoms with van der Waals surface area (Å²) < 4.78 is 10.4. The van der Waals surface area contributed by atoms with Gasteiger partial charge in [-0.3, -0.25) is 4.79 Å². The Hall–Kier alpha value is -1.79. The number of methoxy groups -OCH3 is 2. The summed E-state index contributed by atoms with van der Waals surface area (Å²) in [5, 5.41) is 3.14. The molecule has 0 spiro atoms. The van der Waals surface area contributed by atoms with Crippen molar-refractivity contribution in [3.05, 3.63) is 23.8 Å². The van der Waals surface area contributed by atoms with Crippen molar-refractivity contribution in [2.24, 2.45) is 5.73 Å². The van der Waals surface area contributed by atoms with Crippen molar-refractivity contribution in [2.45, 2.75) is 6.04 Å². The van der Waals surface area contributed by atoms with E-state index in [0.29, 0.717) is 18.0 Å². The van der Waals surface area contributed by atoms with Crippen LogP contribution >= 0.6 is 0 Å². The second-order valence-electron chi connectivity index (χ2n) is 4.74. The van der Waals surface area contributed by atoms with Crippen LogP contribution in [0.25, 0.3) is 0 Å². The Bertz CT molecular complexity index is 427. The van der Waals surface area contributed by atoms with E-state index in [-0.39, 0.29) is 0 Å². The van der Waals surface area contributed by atoms with Gasteiger partial charge in [0, 0.05) is 19.2 Å². The summed E-state index contributed by atoms with van der Waals surface area (Å²) in [5.74, 6) is 0.819. The molecule has 1 unspecified atom stereocenters. The molecule has 0 radical (unpaired) electrons. The standard InChI is InChI=1S/C14H23N3O3/c1-17(2)6-5-16-13(14(15)18)10-7-11(19-3)9-12(8-10)20-4/h7-9,13,16H,5-6H2,1-4H3,(H2,15,18). The zero-order chi connectivity index (χ0) is 15.1. The van der Waals surface area contributed by atoms with Gasteiger partial charge in [0.25, 0.3) is 0 Å². The summed E-state index contributed by atoms with van der Waals surface area (Å²) in [6, 6.07) is 4.74. The van der Waals surface area contributed by atoms with E-state index >= 15 is 0 Å². The molecule has 0 fully saturated rings. The second kappa shape index (κ2) is 7.72. The lowest BCUT2D eigenvalue weighted by atomic mass is 10.1. The van der Waals surface area contributed by atoms with Gasteiger partial charge >= 0.3 is 0 Å². The third kappa shape index (κ3) is 4.71. The second-order valence-corrected chi connectivity index (χ2v) is 4.74. The molecule has 0 bridgehead atoms. The van der Waals surface area contributed by atoms with Gasteiger partial charge in [-0.25, -0.2) is 0 Å². The maximum absolute atomic E-state index is 11.6. The molecule has 3 N–H and O–H groups in total. The minimum absolute atomic E-state index is 0.431. The first-order chi connectivity index (χ1) is 9.47. The van der Waals surface area contributed by atoms with Crippen LogP contribution in [0.15, 0.2) is 18.2 Å². The fraction of sp³-hybridized carbons (Fsp3) is 0.500. The molecule has 0 saturated carbocycles. The highest BCUT2D eigenvalue weighted by Gasteiger charge is 2.19. The Morgan fingerprint density at radius 1 is 1.25 bits per heavy atom. The van der Waals surface area contributed by atoms with Crippen LogP contribution in [0, 0.1) is 0 Å². The number of hydrogen-bond acceptors (Lipinski definition) is 5. The van der Waals surface area contributed by atoms with Crippen LogP contribution < -0.4 is 20.5 Å². The number of hydrogen-bond donors (Lipinski definition) is 2. The van der Waals surface area contributed by atoms with E-state index in [9.17, 15) is 4.79 Å². The molecular formula is C14H23N3O3. The molecule has 0 aliphatic carbocycles. The monoisotopic (exact) mass is 281 g/mol. The maximum atomic E-state index is 11.6. The molecule has 0 heterocycles. The molecular weight excluding hydrogens is 258 g/mol. The van der Waals surface area contributed by atoms with Gasteiger partial charge in [-0.1, -0.05) is 0 Å². The molecule has 6 heteroatoms. The molecule has 1 atom stereocenters. The summed E-state index contributed by atoms with van der Waals surface area (Å²) in [4.78, 5) is 13.7. The predicted molar refractivity (Wildman–Crippen MR) is 78.0 cm³/mol. The average Bonchev–Trinajstić information content (AvgIpc) is 2.42. The average molecular weight is 281 g/mol. The quantitative estimate of drug-likeness (QED) is 0.720. The molecule has 20 heavy (non-hydrogen) atoms. The van der Waals surface area contributed by atoms with Crippen molar-refractivity contribution in [1.82, 2.24) is 10.2 Å². The summed E-state index contributed by atoms with van der Waals surface area (Å²) in [6.45, 7) is 1.46. The smallest absolute Gasteiger partial charge is 0.239 e. The molecule has 0 aliphatic rings. The highest BCUT2D eigenvalue weighted by molar-refractivity contribution is 5.81. The summed E-state index contributed by atoms with van der Waals surface area (Å²) in [7, 11) is 7.07. The molecule has 1 amide bonds. The summed E-state index contributed by atoms with van der Waals surface area (Å²) >= 11 is 0. The van der Waals surface area contributed by atoms with Crippen LogP contribution in [-0.4, -0.2) is 52.2 Å². The number of rotatable bonds is 8. The van der Waals surface area contributed by atoms with E-state index in [1.54, 1.807) is 32.4 Å². The van der Waals surface area contributed by atoms with Crippen molar-refractivity contribution in [1.29, 1.82) is 0 Å². The molecule has 1 aromatic rings. The predicted octanol–water partition coefficient (Wildman–Crippen LogP) is 0.381. The van der Waals surface area contributed by atoms with Gasteiger partial charge < -0.3 is 25.4 Å². The van der Waals surface area contributed by atoms with Gasteiger partial charge in [0.1, 0.15) is 17.5 Å². The van der Waals surface area contributed by atoms with Crippen LogP contribution in [0.1, 0.15) is 11.6 Å². The zero-order valence-electron chi connectivity index (χ0n) is 12.5. The molecule has 1 aromatic carbocycles. The van der Waals surface area contributed by atoms with Crippen LogP contribution in [-0.2, 0) is 4.79 Å². The van der Waals surface area contributed by atoms with E-state index in [4.69, 9.17) is 15.2 Å². The number of carbonyl (C=O) groups is 1. The number of nitrogens with zero attached hydrogens (tertiary/aromatic N) is 1. The number of nitrogens with one attached hydrogen (secondary N) is 1. The summed E-state index contributed by atoms with van der Waals surface area (Å²) in [6.07, 6.45) is 0. The van der Waals surface area contributed by atoms with Crippen LogP contribution in [0.4, 0.5) is 0 Å². The van der Waals surface area contributed by atoms with Crippen molar-refractivity contribution in [3.8, 4) is 11.5 Å². The van der Waals surface area contributed by atoms with Gasteiger partial charge in [0.2, 0.25) is 5.91 Å². The van der Waals surface area contributed by atoms with Gasteiger partial charge in [-0.15, -0.1) is 0 Å². The Morgan fingerprint density at radius 3 is 2.20 bits per heavy atom. The first-order valence-electron chi connectivity index (χ1n) is 6.38. The van der Waals surface area contributed by atoms with Gasteiger partial charge in [0.05, 0.1) is 14.2 Å². The summed E-state index contributed by atoms with van der Waals surface area (Å²) in [5.41, 5.74) is 6.20. The highest BCUT2D eigenvalue weighted by Crippen LogP contribution is 2.26. The van der Waals surface area contributed by atoms with E-state index in [1.807, 2.05) is 19.0 Å². The maximum Gasteiger partial charge on any atom is 0.239 e. The third-order valence-corrected chi connectivity index (χ3v) is 2.90. The Morgan fingerprint density at radius 2 is 1.80 bits per heavy atom. The normalized spacial score (nSPS) is 12.2. The lowest BCUT2D eigenvalue weighted by molar-refractivity contribution is -0.120. The molecule has 6 nitrogen and oxygen atoms in total. The minimum Gasteiger partial charge on any atom is -0.497 e. The van der Waals surface area contributed by atoms with E-state index in [0.717, 1.165) is 12.1 Å². The lowest BCUT2D eigenvalue weighted by Gasteiger charge is -2.19. The van der Waals surface area contributed by atoms with Crippen molar-refractivity contribution in [2.75, 3.05) is 41.4 Å². The molecule has 0 aliphatic heterocycles. The number of amides is 1.